The fourth-order valence-electron chi connectivity index (χ4n) is 5.43. The van der Waals surface area contributed by atoms with E-state index in [1.165, 1.54) is 5.56 Å². The SMILES string of the molecule is Cc1cc(C)n(-c2cccc(C(=O)N3CCOc4c(cc(-c5ccccc5C)cc4O[C@@H]4CCOC4)C3)c2)n1. The Balaban J connectivity index is 1.35. The minimum Gasteiger partial charge on any atom is -0.487 e. The molecule has 39 heavy (non-hydrogen) atoms. The van der Waals surface area contributed by atoms with Gasteiger partial charge < -0.3 is 19.1 Å². The van der Waals surface area contributed by atoms with E-state index in [1.807, 2.05) is 65.9 Å². The number of carbonyl (C=O) groups is 1. The van der Waals surface area contributed by atoms with Gasteiger partial charge in [0.05, 0.1) is 31.1 Å². The quantitative estimate of drug-likeness (QED) is 0.337. The number of amides is 1. The van der Waals surface area contributed by atoms with Gasteiger partial charge in [0.2, 0.25) is 0 Å². The lowest BCUT2D eigenvalue weighted by molar-refractivity contribution is 0.0732. The number of aryl methyl sites for hydroxylation is 3. The summed E-state index contributed by atoms with van der Waals surface area (Å²) >= 11 is 0. The molecule has 1 amide bonds. The molecule has 1 fully saturated rings. The molecule has 1 atom stereocenters. The van der Waals surface area contributed by atoms with Crippen molar-refractivity contribution in [1.29, 1.82) is 0 Å². The van der Waals surface area contributed by atoms with E-state index in [1.54, 1.807) is 0 Å². The van der Waals surface area contributed by atoms with Gasteiger partial charge in [0.25, 0.3) is 5.91 Å². The maximum absolute atomic E-state index is 13.8. The first-order chi connectivity index (χ1) is 19.0. The van der Waals surface area contributed by atoms with Crippen LogP contribution in [0.3, 0.4) is 0 Å². The second-order valence-corrected chi connectivity index (χ2v) is 10.3. The van der Waals surface area contributed by atoms with Crippen molar-refractivity contribution in [2.75, 3.05) is 26.4 Å². The molecule has 0 bridgehead atoms. The van der Waals surface area contributed by atoms with Crippen LogP contribution in [0.5, 0.6) is 11.5 Å². The van der Waals surface area contributed by atoms with E-state index in [0.717, 1.165) is 40.2 Å². The lowest BCUT2D eigenvalue weighted by Gasteiger charge is -2.22. The molecule has 1 aromatic heterocycles. The maximum Gasteiger partial charge on any atom is 0.254 e. The van der Waals surface area contributed by atoms with Crippen LogP contribution in [0.25, 0.3) is 16.8 Å². The number of benzene rings is 3. The van der Waals surface area contributed by atoms with Crippen molar-refractivity contribution in [1.82, 2.24) is 14.7 Å². The van der Waals surface area contributed by atoms with Gasteiger partial charge in [-0.1, -0.05) is 30.3 Å². The number of hydrogen-bond acceptors (Lipinski definition) is 5. The van der Waals surface area contributed by atoms with E-state index < -0.39 is 0 Å². The first-order valence-corrected chi connectivity index (χ1v) is 13.5. The number of rotatable bonds is 5. The molecule has 1 saturated heterocycles. The van der Waals surface area contributed by atoms with Crippen molar-refractivity contribution in [3.63, 3.8) is 0 Å². The van der Waals surface area contributed by atoms with E-state index in [2.05, 4.69) is 36.3 Å². The topological polar surface area (TPSA) is 65.8 Å². The van der Waals surface area contributed by atoms with Gasteiger partial charge in [-0.05, 0) is 73.9 Å². The summed E-state index contributed by atoms with van der Waals surface area (Å²) < 4.78 is 20.1. The Morgan fingerprint density at radius 2 is 1.87 bits per heavy atom. The molecule has 0 aliphatic carbocycles. The van der Waals surface area contributed by atoms with Crippen molar-refractivity contribution in [3.8, 4) is 28.3 Å². The highest BCUT2D eigenvalue weighted by atomic mass is 16.6. The average Bonchev–Trinajstić information content (AvgIpc) is 3.51. The van der Waals surface area contributed by atoms with Gasteiger partial charge in [0.15, 0.2) is 11.5 Å². The van der Waals surface area contributed by atoms with E-state index in [0.29, 0.717) is 50.0 Å². The normalized spacial score (nSPS) is 16.9. The predicted octanol–water partition coefficient (Wildman–Crippen LogP) is 5.67. The summed E-state index contributed by atoms with van der Waals surface area (Å²) in [5, 5.41) is 4.58. The van der Waals surface area contributed by atoms with Crippen LogP contribution < -0.4 is 9.47 Å². The fourth-order valence-corrected chi connectivity index (χ4v) is 5.43. The van der Waals surface area contributed by atoms with Crippen LogP contribution in [-0.4, -0.2) is 53.1 Å². The molecule has 2 aliphatic rings. The van der Waals surface area contributed by atoms with Gasteiger partial charge in [0.1, 0.15) is 12.7 Å². The molecule has 7 heteroatoms. The molecule has 0 spiro atoms. The molecule has 0 N–H and O–H groups in total. The second kappa shape index (κ2) is 10.6. The Labute approximate surface area is 228 Å². The Hall–Kier alpha value is -4.10. The molecular weight excluding hydrogens is 490 g/mol. The van der Waals surface area contributed by atoms with Crippen LogP contribution in [0.15, 0.2) is 66.7 Å². The van der Waals surface area contributed by atoms with Crippen LogP contribution in [-0.2, 0) is 11.3 Å². The third-order valence-corrected chi connectivity index (χ3v) is 7.37. The monoisotopic (exact) mass is 523 g/mol. The number of carbonyl (C=O) groups excluding carboxylic acids is 1. The molecule has 3 heterocycles. The lowest BCUT2D eigenvalue weighted by atomic mass is 9.97. The van der Waals surface area contributed by atoms with Crippen molar-refractivity contribution >= 4 is 5.91 Å². The third-order valence-electron chi connectivity index (χ3n) is 7.37. The lowest BCUT2D eigenvalue weighted by Crippen LogP contribution is -2.32. The summed E-state index contributed by atoms with van der Waals surface area (Å²) in [5.41, 5.74) is 7.75. The third kappa shape index (κ3) is 5.14. The molecule has 0 unspecified atom stereocenters. The van der Waals surface area contributed by atoms with E-state index in [9.17, 15) is 4.79 Å². The highest BCUT2D eigenvalue weighted by molar-refractivity contribution is 5.95. The number of hydrogen-bond donors (Lipinski definition) is 0. The number of ether oxygens (including phenoxy) is 3. The van der Waals surface area contributed by atoms with E-state index in [4.69, 9.17) is 14.2 Å². The summed E-state index contributed by atoms with van der Waals surface area (Å²) in [6, 6.07) is 22.2. The number of nitrogens with zero attached hydrogens (tertiary/aromatic N) is 3. The van der Waals surface area contributed by atoms with E-state index in [-0.39, 0.29) is 12.0 Å². The summed E-state index contributed by atoms with van der Waals surface area (Å²) in [6.07, 6.45) is 0.836. The van der Waals surface area contributed by atoms with Crippen molar-refractivity contribution in [3.05, 3.63) is 94.8 Å². The average molecular weight is 524 g/mol. The molecular formula is C32H33N3O4. The minimum absolute atomic E-state index is 0.0112. The van der Waals surface area contributed by atoms with Crippen molar-refractivity contribution < 1.29 is 19.0 Å². The minimum atomic E-state index is -0.0391. The van der Waals surface area contributed by atoms with E-state index >= 15 is 0 Å². The highest BCUT2D eigenvalue weighted by Gasteiger charge is 2.27. The van der Waals surface area contributed by atoms with Crippen LogP contribution in [0.1, 0.15) is 39.3 Å². The Morgan fingerprint density at radius 3 is 2.64 bits per heavy atom. The first-order valence-electron chi connectivity index (χ1n) is 13.5. The molecule has 3 aromatic carbocycles. The van der Waals surface area contributed by atoms with Gasteiger partial charge in [-0.25, -0.2) is 4.68 Å². The number of fused-ring (bicyclic) bond motifs is 1. The van der Waals surface area contributed by atoms with Crippen molar-refractivity contribution in [2.45, 2.75) is 39.8 Å². The zero-order chi connectivity index (χ0) is 26.9. The summed E-state index contributed by atoms with van der Waals surface area (Å²) in [4.78, 5) is 15.7. The number of aromatic nitrogens is 2. The Kier molecular flexibility index (Phi) is 6.83. The zero-order valence-corrected chi connectivity index (χ0v) is 22.6. The van der Waals surface area contributed by atoms with Crippen LogP contribution >= 0.6 is 0 Å². The molecule has 6 rings (SSSR count). The molecule has 0 saturated carbocycles. The van der Waals surface area contributed by atoms with Crippen LogP contribution in [0, 0.1) is 20.8 Å². The fraction of sp³-hybridized carbons (Fsp3) is 0.312. The standard InChI is InChI=1S/C32H33N3O4/c1-21-7-4-5-10-29(21)25-16-26-19-34(12-14-38-31(26)30(18-25)39-28-11-13-37-20-28)32(36)24-8-6-9-27(17-24)35-23(3)15-22(2)33-35/h4-10,15-18,28H,11-14,19-20H2,1-3H3/t28-/m1/s1. The van der Waals surface area contributed by atoms with Gasteiger partial charge in [-0.15, -0.1) is 0 Å². The first kappa shape index (κ1) is 25.2. The zero-order valence-electron chi connectivity index (χ0n) is 22.6. The van der Waals surface area contributed by atoms with Crippen LogP contribution in [0.2, 0.25) is 0 Å². The largest absolute Gasteiger partial charge is 0.487 e. The van der Waals surface area contributed by atoms with Gasteiger partial charge in [-0.2, -0.15) is 5.10 Å². The summed E-state index contributed by atoms with van der Waals surface area (Å²) in [7, 11) is 0. The Bertz CT molecular complexity index is 1520. The highest BCUT2D eigenvalue weighted by Crippen LogP contribution is 2.40. The van der Waals surface area contributed by atoms with Gasteiger partial charge >= 0.3 is 0 Å². The predicted molar refractivity (Wildman–Crippen MR) is 150 cm³/mol. The molecule has 4 aromatic rings. The smallest absolute Gasteiger partial charge is 0.254 e. The van der Waals surface area contributed by atoms with Gasteiger partial charge in [0, 0.05) is 29.8 Å². The molecule has 2 aliphatic heterocycles. The van der Waals surface area contributed by atoms with Gasteiger partial charge in [-0.3, -0.25) is 4.79 Å². The summed E-state index contributed by atoms with van der Waals surface area (Å²) in [6.45, 7) is 8.64. The van der Waals surface area contributed by atoms with Crippen molar-refractivity contribution in [2.24, 2.45) is 0 Å². The molecule has 7 nitrogen and oxygen atoms in total. The molecule has 0 radical (unpaired) electrons. The maximum atomic E-state index is 13.8. The second-order valence-electron chi connectivity index (χ2n) is 10.3. The Morgan fingerprint density at radius 1 is 1.00 bits per heavy atom. The summed E-state index contributed by atoms with van der Waals surface area (Å²) in [5.74, 6) is 1.38. The molecule has 200 valence electrons. The van der Waals surface area contributed by atoms with Crippen LogP contribution in [0.4, 0.5) is 0 Å².